The van der Waals surface area contributed by atoms with Crippen LogP contribution in [0.2, 0.25) is 0 Å². The fourth-order valence-corrected chi connectivity index (χ4v) is 6.20. The third-order valence-electron chi connectivity index (χ3n) is 4.27. The van der Waals surface area contributed by atoms with E-state index >= 15 is 0 Å². The second kappa shape index (κ2) is 8.62. The van der Waals surface area contributed by atoms with Crippen LogP contribution in [0.1, 0.15) is 11.3 Å². The number of nitrogens with zero attached hydrogens (tertiary/aromatic N) is 4. The molecule has 0 N–H and O–H groups in total. The van der Waals surface area contributed by atoms with Crippen molar-refractivity contribution in [2.75, 3.05) is 0 Å². The molecule has 0 bridgehead atoms. The molecule has 4 aromatic heterocycles. The van der Waals surface area contributed by atoms with E-state index in [0.717, 1.165) is 38.9 Å². The van der Waals surface area contributed by atoms with Crippen LogP contribution in [0, 0.1) is 0 Å². The van der Waals surface area contributed by atoms with Crippen molar-refractivity contribution in [3.8, 4) is 20.6 Å². The monoisotopic (exact) mass is 452 g/mol. The first-order chi connectivity index (χ1) is 14.4. The van der Waals surface area contributed by atoms with E-state index in [9.17, 15) is 0 Å². The largest absolute Gasteiger partial charge is 0.297 e. The van der Waals surface area contributed by atoms with Crippen molar-refractivity contribution in [1.82, 2.24) is 19.7 Å². The van der Waals surface area contributed by atoms with Gasteiger partial charge in [0.1, 0.15) is 5.01 Å². The zero-order valence-electron chi connectivity index (χ0n) is 15.3. The van der Waals surface area contributed by atoms with Gasteiger partial charge in [0.25, 0.3) is 0 Å². The molecule has 8 heteroatoms. The maximum absolute atomic E-state index is 4.79. The number of thiophene rings is 2. The molecule has 4 nitrogen and oxygen atoms in total. The highest BCUT2D eigenvalue weighted by Crippen LogP contribution is 2.32. The summed E-state index contributed by atoms with van der Waals surface area (Å²) in [6.45, 7) is 0.751. The topological polar surface area (TPSA) is 43.6 Å². The van der Waals surface area contributed by atoms with Crippen LogP contribution in [-0.4, -0.2) is 19.7 Å². The third-order valence-corrected chi connectivity index (χ3v) is 8.07. The maximum atomic E-state index is 4.79. The van der Waals surface area contributed by atoms with E-state index in [-0.39, 0.29) is 0 Å². The lowest BCUT2D eigenvalue weighted by molar-refractivity contribution is 0.715. The highest BCUT2D eigenvalue weighted by atomic mass is 32.2. The van der Waals surface area contributed by atoms with Crippen molar-refractivity contribution in [1.29, 1.82) is 0 Å². The number of rotatable bonds is 7. The molecule has 0 fully saturated rings. The van der Waals surface area contributed by atoms with Gasteiger partial charge in [-0.2, -0.15) is 0 Å². The molecule has 0 saturated carbocycles. The summed E-state index contributed by atoms with van der Waals surface area (Å²) in [6.07, 6.45) is 0. The molecule has 144 valence electrons. The van der Waals surface area contributed by atoms with Crippen LogP contribution >= 0.6 is 45.8 Å². The highest BCUT2D eigenvalue weighted by Gasteiger charge is 2.16. The van der Waals surface area contributed by atoms with Crippen molar-refractivity contribution < 1.29 is 0 Å². The van der Waals surface area contributed by atoms with Crippen LogP contribution in [0.3, 0.4) is 0 Å². The Morgan fingerprint density at radius 1 is 0.828 bits per heavy atom. The second-order valence-corrected chi connectivity index (χ2v) is 9.96. The summed E-state index contributed by atoms with van der Waals surface area (Å²) >= 11 is 6.80. The van der Waals surface area contributed by atoms with Gasteiger partial charge >= 0.3 is 0 Å². The molecule has 1 aromatic carbocycles. The van der Waals surface area contributed by atoms with E-state index < -0.39 is 0 Å². The predicted octanol–water partition coefficient (Wildman–Crippen LogP) is 6.53. The molecule has 0 aliphatic carbocycles. The van der Waals surface area contributed by atoms with Crippen LogP contribution in [0.5, 0.6) is 0 Å². The van der Waals surface area contributed by atoms with Crippen molar-refractivity contribution in [3.63, 3.8) is 0 Å². The van der Waals surface area contributed by atoms with Crippen molar-refractivity contribution in [3.05, 3.63) is 82.0 Å². The predicted molar refractivity (Wildman–Crippen MR) is 124 cm³/mol. The fourth-order valence-electron chi connectivity index (χ4n) is 2.92. The van der Waals surface area contributed by atoms with Crippen molar-refractivity contribution in [2.24, 2.45) is 0 Å². The minimum Gasteiger partial charge on any atom is -0.297 e. The summed E-state index contributed by atoms with van der Waals surface area (Å²) in [5.74, 6) is 1.70. The van der Waals surface area contributed by atoms with Crippen LogP contribution in [0.15, 0.2) is 75.9 Å². The van der Waals surface area contributed by atoms with Gasteiger partial charge in [-0.15, -0.1) is 44.2 Å². The molecular weight excluding hydrogens is 437 g/mol. The lowest BCUT2D eigenvalue weighted by Crippen LogP contribution is -2.03. The number of hydrogen-bond acceptors (Lipinski definition) is 7. The maximum Gasteiger partial charge on any atom is 0.192 e. The number of thioether (sulfide) groups is 1. The van der Waals surface area contributed by atoms with E-state index in [4.69, 9.17) is 4.98 Å². The van der Waals surface area contributed by atoms with E-state index in [0.29, 0.717) is 0 Å². The molecule has 0 aliphatic rings. The molecule has 5 aromatic rings. The van der Waals surface area contributed by atoms with Gasteiger partial charge in [-0.1, -0.05) is 54.2 Å². The Morgan fingerprint density at radius 2 is 1.62 bits per heavy atom. The number of benzene rings is 1. The molecule has 0 atom stereocenters. The SMILES string of the molecule is c1ccc(Cn2c(SCc3csc(-c4cccs4)n3)nnc2-c2cccs2)cc1. The first-order valence-electron chi connectivity index (χ1n) is 8.99. The number of aromatic nitrogens is 4. The van der Waals surface area contributed by atoms with E-state index in [1.54, 1.807) is 45.8 Å². The highest BCUT2D eigenvalue weighted by molar-refractivity contribution is 7.98. The van der Waals surface area contributed by atoms with Gasteiger partial charge in [0, 0.05) is 11.1 Å². The molecule has 0 spiro atoms. The molecule has 0 saturated heterocycles. The second-order valence-electron chi connectivity index (χ2n) is 6.27. The molecule has 0 aliphatic heterocycles. The van der Waals surface area contributed by atoms with Crippen molar-refractivity contribution in [2.45, 2.75) is 17.5 Å². The Bertz CT molecular complexity index is 1170. The molecular formula is C21H16N4S4. The van der Waals surface area contributed by atoms with Gasteiger partial charge in [-0.3, -0.25) is 4.57 Å². The minimum absolute atomic E-state index is 0.751. The van der Waals surface area contributed by atoms with Gasteiger partial charge in [-0.05, 0) is 28.5 Å². The van der Waals surface area contributed by atoms with E-state index in [2.05, 4.69) is 79.4 Å². The molecule has 0 unspecified atom stereocenters. The zero-order valence-corrected chi connectivity index (χ0v) is 18.5. The Labute approximate surface area is 184 Å². The number of thiazole rings is 1. The molecule has 5 rings (SSSR count). The standard InChI is InChI=1S/C21H16N4S4/c1-2-6-15(7-3-1)12-25-19(17-8-4-10-26-17)23-24-21(25)29-14-16-13-28-20(22-16)18-9-5-11-27-18/h1-11,13H,12,14H2. The molecule has 4 heterocycles. The van der Waals surface area contributed by atoms with E-state index in [1.165, 1.54) is 10.4 Å². The lowest BCUT2D eigenvalue weighted by Gasteiger charge is -2.09. The number of hydrogen-bond donors (Lipinski definition) is 0. The van der Waals surface area contributed by atoms with Crippen LogP contribution in [-0.2, 0) is 12.3 Å². The average molecular weight is 453 g/mol. The summed E-state index contributed by atoms with van der Waals surface area (Å²) in [4.78, 5) is 7.14. The summed E-state index contributed by atoms with van der Waals surface area (Å²) in [6, 6.07) is 18.8. The lowest BCUT2D eigenvalue weighted by atomic mass is 10.2. The Balaban J connectivity index is 1.39. The first-order valence-corrected chi connectivity index (χ1v) is 12.6. The van der Waals surface area contributed by atoms with Gasteiger partial charge in [-0.25, -0.2) is 4.98 Å². The Kier molecular flexibility index (Phi) is 5.58. The Hall–Kier alpha value is -2.26. The summed E-state index contributed by atoms with van der Waals surface area (Å²) in [5, 5.41) is 17.3. The minimum atomic E-state index is 0.751. The fraction of sp³-hybridized carbons (Fsp3) is 0.0952. The quantitative estimate of drug-likeness (QED) is 0.263. The zero-order chi connectivity index (χ0) is 19.5. The molecule has 0 radical (unpaired) electrons. The molecule has 29 heavy (non-hydrogen) atoms. The normalized spacial score (nSPS) is 11.2. The average Bonchev–Trinajstić information content (AvgIpc) is 3.54. The van der Waals surface area contributed by atoms with Gasteiger partial charge < -0.3 is 0 Å². The van der Waals surface area contributed by atoms with Gasteiger partial charge in [0.15, 0.2) is 11.0 Å². The van der Waals surface area contributed by atoms with Gasteiger partial charge in [0.2, 0.25) is 0 Å². The van der Waals surface area contributed by atoms with E-state index in [1.807, 2.05) is 6.07 Å². The van der Waals surface area contributed by atoms with Gasteiger partial charge in [0.05, 0.1) is 22.0 Å². The van der Waals surface area contributed by atoms with Crippen LogP contribution in [0.4, 0.5) is 0 Å². The Morgan fingerprint density at radius 3 is 2.38 bits per heavy atom. The first kappa shape index (κ1) is 18.7. The smallest absolute Gasteiger partial charge is 0.192 e. The van der Waals surface area contributed by atoms with Crippen molar-refractivity contribution >= 4 is 45.8 Å². The van der Waals surface area contributed by atoms with Crippen LogP contribution < -0.4 is 0 Å². The molecule has 0 amide bonds. The van der Waals surface area contributed by atoms with Crippen LogP contribution in [0.25, 0.3) is 20.6 Å². The summed E-state index contributed by atoms with van der Waals surface area (Å²) in [7, 11) is 0. The summed E-state index contributed by atoms with van der Waals surface area (Å²) in [5.41, 5.74) is 2.32. The summed E-state index contributed by atoms with van der Waals surface area (Å²) < 4.78 is 2.21. The third kappa shape index (κ3) is 4.20.